The van der Waals surface area contributed by atoms with Crippen LogP contribution in [0.25, 0.3) is 0 Å². The number of Topliss-reactive ketones (excluding diaryl/α,β-unsaturated/α-hetero) is 1. The summed E-state index contributed by atoms with van der Waals surface area (Å²) in [6.07, 6.45) is 3.16. The summed E-state index contributed by atoms with van der Waals surface area (Å²) >= 11 is 0. The Morgan fingerprint density at radius 3 is 2.47 bits per heavy atom. The highest BCUT2D eigenvalue weighted by Crippen LogP contribution is 2.25. The average Bonchev–Trinajstić information content (AvgIpc) is 2.35. The summed E-state index contributed by atoms with van der Waals surface area (Å²) in [4.78, 5) is 21.5. The van der Waals surface area contributed by atoms with Gasteiger partial charge in [0.15, 0.2) is 0 Å². The number of ketones is 1. The Bertz CT molecular complexity index is 395. The highest BCUT2D eigenvalue weighted by atomic mass is 16.4. The number of rotatable bonds is 7. The van der Waals surface area contributed by atoms with Crippen LogP contribution >= 0.6 is 0 Å². The second-order valence-electron chi connectivity index (χ2n) is 3.90. The summed E-state index contributed by atoms with van der Waals surface area (Å²) in [6.45, 7) is 3.69. The molecule has 0 radical (unpaired) electrons. The van der Waals surface area contributed by atoms with Crippen LogP contribution in [-0.2, 0) is 9.59 Å². The lowest BCUT2D eigenvalue weighted by molar-refractivity contribution is -0.149. The number of carbonyl (C=O) groups excluding carboxylic acids is 1. The van der Waals surface area contributed by atoms with Gasteiger partial charge in [-0.25, -0.2) is 4.79 Å². The Balaban J connectivity index is 2.64. The summed E-state index contributed by atoms with van der Waals surface area (Å²) in [5.74, 6) is -1.91. The topological polar surface area (TPSA) is 54.4 Å². The molecular formula is C14H16O3. The van der Waals surface area contributed by atoms with Crippen LogP contribution in [0.2, 0.25) is 0 Å². The van der Waals surface area contributed by atoms with E-state index in [1.165, 1.54) is 0 Å². The van der Waals surface area contributed by atoms with Crippen molar-refractivity contribution in [3.8, 4) is 0 Å². The number of benzene rings is 1. The molecule has 0 aliphatic rings. The smallest absolute Gasteiger partial charge is 0.372 e. The predicted octanol–water partition coefficient (Wildman–Crippen LogP) is 2.78. The largest absolute Gasteiger partial charge is 0.476 e. The quantitative estimate of drug-likeness (QED) is 0.581. The maximum absolute atomic E-state index is 11.1. The van der Waals surface area contributed by atoms with Crippen molar-refractivity contribution in [1.82, 2.24) is 0 Å². The number of hydrogen-bond donors (Lipinski definition) is 1. The first kappa shape index (κ1) is 13.2. The van der Waals surface area contributed by atoms with Gasteiger partial charge in [-0.3, -0.25) is 4.79 Å². The Hall–Kier alpha value is -1.90. The number of carboxylic acids is 1. The zero-order chi connectivity index (χ0) is 12.7. The summed E-state index contributed by atoms with van der Waals surface area (Å²) < 4.78 is 0. The zero-order valence-electron chi connectivity index (χ0n) is 9.63. The lowest BCUT2D eigenvalue weighted by Crippen LogP contribution is -2.13. The molecule has 0 saturated carbocycles. The van der Waals surface area contributed by atoms with Crippen molar-refractivity contribution in [3.05, 3.63) is 48.6 Å². The fourth-order valence-corrected chi connectivity index (χ4v) is 1.76. The molecule has 0 heterocycles. The van der Waals surface area contributed by atoms with Crippen molar-refractivity contribution in [1.29, 1.82) is 0 Å². The van der Waals surface area contributed by atoms with Gasteiger partial charge in [0.05, 0.1) is 0 Å². The van der Waals surface area contributed by atoms with Crippen LogP contribution in [0.3, 0.4) is 0 Å². The highest BCUT2D eigenvalue weighted by molar-refractivity contribution is 6.32. The van der Waals surface area contributed by atoms with Gasteiger partial charge in [0.25, 0.3) is 0 Å². The molecule has 1 rings (SSSR count). The maximum atomic E-state index is 11.1. The summed E-state index contributed by atoms with van der Waals surface area (Å²) in [6, 6.07) is 9.77. The summed E-state index contributed by atoms with van der Waals surface area (Å²) in [7, 11) is 0. The average molecular weight is 232 g/mol. The van der Waals surface area contributed by atoms with Gasteiger partial charge in [-0.15, -0.1) is 6.58 Å². The number of allylic oxidation sites excluding steroid dienone is 1. The molecule has 17 heavy (non-hydrogen) atoms. The first-order valence-corrected chi connectivity index (χ1v) is 5.57. The van der Waals surface area contributed by atoms with Gasteiger partial charge in [-0.2, -0.15) is 0 Å². The van der Waals surface area contributed by atoms with E-state index in [0.717, 1.165) is 12.0 Å². The highest BCUT2D eigenvalue weighted by Gasteiger charge is 2.16. The van der Waals surface area contributed by atoms with Crippen LogP contribution in [0.15, 0.2) is 43.0 Å². The van der Waals surface area contributed by atoms with E-state index in [4.69, 9.17) is 5.11 Å². The van der Waals surface area contributed by atoms with E-state index < -0.39 is 11.8 Å². The van der Waals surface area contributed by atoms with Gasteiger partial charge in [0, 0.05) is 6.42 Å². The third-order valence-electron chi connectivity index (χ3n) is 2.68. The lowest BCUT2D eigenvalue weighted by Gasteiger charge is -2.14. The second-order valence-corrected chi connectivity index (χ2v) is 3.90. The van der Waals surface area contributed by atoms with Crippen molar-refractivity contribution < 1.29 is 14.7 Å². The van der Waals surface area contributed by atoms with Gasteiger partial charge in [-0.1, -0.05) is 36.4 Å². The second kappa shape index (κ2) is 6.63. The summed E-state index contributed by atoms with van der Waals surface area (Å²) in [5.41, 5.74) is 1.12. The molecule has 3 heteroatoms. The molecule has 0 bridgehead atoms. The zero-order valence-corrected chi connectivity index (χ0v) is 9.63. The van der Waals surface area contributed by atoms with E-state index in [-0.39, 0.29) is 12.3 Å². The molecule has 0 aliphatic heterocycles. The molecule has 1 unspecified atom stereocenters. The standard InChI is InChI=1S/C14H16O3/c1-2-6-11(9-10-13(15)14(16)17)12-7-4-3-5-8-12/h2-5,7-8,11H,1,6,9-10H2,(H,16,17). The van der Waals surface area contributed by atoms with Crippen LogP contribution in [-0.4, -0.2) is 16.9 Å². The van der Waals surface area contributed by atoms with E-state index in [0.29, 0.717) is 6.42 Å². The molecule has 0 aliphatic carbocycles. The van der Waals surface area contributed by atoms with Gasteiger partial charge in [-0.05, 0) is 24.3 Å². The number of carbonyl (C=O) groups is 2. The molecule has 3 nitrogen and oxygen atoms in total. The third-order valence-corrected chi connectivity index (χ3v) is 2.68. The molecule has 1 aromatic carbocycles. The van der Waals surface area contributed by atoms with Gasteiger partial charge in [0.2, 0.25) is 5.78 Å². The van der Waals surface area contributed by atoms with Crippen molar-refractivity contribution in [2.75, 3.05) is 0 Å². The Labute approximate surface area is 101 Å². The van der Waals surface area contributed by atoms with Crippen molar-refractivity contribution in [3.63, 3.8) is 0 Å². The maximum Gasteiger partial charge on any atom is 0.372 e. The molecule has 0 fully saturated rings. The molecule has 0 amide bonds. The minimum Gasteiger partial charge on any atom is -0.476 e. The van der Waals surface area contributed by atoms with Crippen LogP contribution in [0.1, 0.15) is 30.7 Å². The van der Waals surface area contributed by atoms with E-state index >= 15 is 0 Å². The van der Waals surface area contributed by atoms with E-state index in [9.17, 15) is 9.59 Å². The molecule has 1 aromatic rings. The molecule has 0 aromatic heterocycles. The Kier molecular flexibility index (Phi) is 5.14. The third kappa shape index (κ3) is 4.23. The first-order valence-electron chi connectivity index (χ1n) is 5.57. The Morgan fingerprint density at radius 2 is 1.94 bits per heavy atom. The van der Waals surface area contributed by atoms with Crippen molar-refractivity contribution in [2.45, 2.75) is 25.2 Å². The molecule has 90 valence electrons. The summed E-state index contributed by atoms with van der Waals surface area (Å²) in [5, 5.41) is 8.53. The fraction of sp³-hybridized carbons (Fsp3) is 0.286. The first-order chi connectivity index (χ1) is 8.15. The number of carboxylic acid groups (broad SMARTS) is 1. The number of hydrogen-bond acceptors (Lipinski definition) is 2. The van der Waals surface area contributed by atoms with Crippen LogP contribution in [0.5, 0.6) is 0 Å². The van der Waals surface area contributed by atoms with Crippen LogP contribution in [0.4, 0.5) is 0 Å². The lowest BCUT2D eigenvalue weighted by atomic mass is 9.90. The predicted molar refractivity (Wildman–Crippen MR) is 65.9 cm³/mol. The molecule has 1 atom stereocenters. The van der Waals surface area contributed by atoms with Gasteiger partial charge in [0.1, 0.15) is 0 Å². The molecule has 0 saturated heterocycles. The minimum atomic E-state index is -1.35. The monoisotopic (exact) mass is 232 g/mol. The minimum absolute atomic E-state index is 0.0722. The fourth-order valence-electron chi connectivity index (χ4n) is 1.76. The van der Waals surface area contributed by atoms with Gasteiger partial charge >= 0.3 is 5.97 Å². The van der Waals surface area contributed by atoms with Gasteiger partial charge < -0.3 is 5.11 Å². The molecule has 1 N–H and O–H groups in total. The molecule has 0 spiro atoms. The van der Waals surface area contributed by atoms with Crippen LogP contribution in [0, 0.1) is 0 Å². The van der Waals surface area contributed by atoms with E-state index in [1.54, 1.807) is 6.08 Å². The van der Waals surface area contributed by atoms with Crippen molar-refractivity contribution >= 4 is 11.8 Å². The molecular weight excluding hydrogens is 216 g/mol. The van der Waals surface area contributed by atoms with E-state index in [1.807, 2.05) is 30.3 Å². The normalized spacial score (nSPS) is 11.8. The Morgan fingerprint density at radius 1 is 1.29 bits per heavy atom. The van der Waals surface area contributed by atoms with E-state index in [2.05, 4.69) is 6.58 Å². The van der Waals surface area contributed by atoms with Crippen LogP contribution < -0.4 is 0 Å². The number of aliphatic carboxylic acids is 1. The van der Waals surface area contributed by atoms with Crippen molar-refractivity contribution in [2.24, 2.45) is 0 Å². The SMILES string of the molecule is C=CCC(CCC(=O)C(=O)O)c1ccccc1.